The standard InChI is InChI=1S/C6H9N2O5P/c7-14(12,13)8-6-4(10)1-3(9)2-5(6)11/h1-2,9-11H,(H4,7,8,12,13)/p-1. The number of nitrogens with two attached hydrogens (primary N) is 1. The quantitative estimate of drug-likeness (QED) is 0.260. The van der Waals surface area contributed by atoms with Gasteiger partial charge >= 0.3 is 0 Å². The summed E-state index contributed by atoms with van der Waals surface area (Å²) < 4.78 is 10.6. The van der Waals surface area contributed by atoms with Crippen LogP contribution in [0, 0.1) is 0 Å². The molecule has 8 heteroatoms. The van der Waals surface area contributed by atoms with E-state index < -0.39 is 30.6 Å². The van der Waals surface area contributed by atoms with E-state index in [1.165, 1.54) is 0 Å². The van der Waals surface area contributed by atoms with Crippen molar-refractivity contribution in [3.63, 3.8) is 0 Å². The van der Waals surface area contributed by atoms with Crippen molar-refractivity contribution >= 4 is 13.4 Å². The molecule has 0 aliphatic rings. The van der Waals surface area contributed by atoms with E-state index in [9.17, 15) is 9.46 Å². The number of aromatic hydroxyl groups is 3. The van der Waals surface area contributed by atoms with Gasteiger partial charge in [-0.25, -0.2) is 0 Å². The summed E-state index contributed by atoms with van der Waals surface area (Å²) in [5.41, 5.74) is 4.18. The third-order valence-electron chi connectivity index (χ3n) is 1.35. The van der Waals surface area contributed by atoms with Crippen molar-refractivity contribution in [2.75, 3.05) is 5.09 Å². The lowest BCUT2D eigenvalue weighted by atomic mass is 10.2. The highest BCUT2D eigenvalue weighted by Gasteiger charge is 2.12. The fraction of sp³-hybridized carbons (Fsp3) is 0. The summed E-state index contributed by atoms with van der Waals surface area (Å²) in [6.07, 6.45) is 0. The molecular formula is C6H8N2O5P-. The normalized spacial score (nSPS) is 14.7. The zero-order chi connectivity index (χ0) is 10.9. The third-order valence-corrected chi connectivity index (χ3v) is 1.88. The van der Waals surface area contributed by atoms with Crippen LogP contribution in [0.2, 0.25) is 0 Å². The highest BCUT2D eigenvalue weighted by molar-refractivity contribution is 7.55. The summed E-state index contributed by atoms with van der Waals surface area (Å²) in [7, 11) is -4.36. The molecular weight excluding hydrogens is 211 g/mol. The summed E-state index contributed by atoms with van der Waals surface area (Å²) in [4.78, 5) is 10.6. The molecule has 0 radical (unpaired) electrons. The average Bonchev–Trinajstić information content (AvgIpc) is 1.95. The fourth-order valence-corrected chi connectivity index (χ4v) is 1.41. The first kappa shape index (κ1) is 10.6. The number of anilines is 1. The van der Waals surface area contributed by atoms with E-state index in [4.69, 9.17) is 15.3 Å². The lowest BCUT2D eigenvalue weighted by Gasteiger charge is -2.21. The number of hydrogen-bond donors (Lipinski definition) is 5. The Labute approximate surface area is 79.0 Å². The van der Waals surface area contributed by atoms with Crippen LogP contribution >= 0.6 is 7.67 Å². The molecule has 0 saturated heterocycles. The molecule has 0 spiro atoms. The monoisotopic (exact) mass is 219 g/mol. The van der Waals surface area contributed by atoms with E-state index in [-0.39, 0.29) is 0 Å². The first-order valence-corrected chi connectivity index (χ1v) is 5.12. The smallest absolute Gasteiger partial charge is 0.165 e. The molecule has 0 aliphatic heterocycles. The second-order valence-electron chi connectivity index (χ2n) is 2.57. The second kappa shape index (κ2) is 3.38. The summed E-state index contributed by atoms with van der Waals surface area (Å²) in [5.74, 6) is -1.64. The highest BCUT2D eigenvalue weighted by Crippen LogP contribution is 2.41. The minimum Gasteiger partial charge on any atom is -0.772 e. The lowest BCUT2D eigenvalue weighted by Crippen LogP contribution is -2.17. The van der Waals surface area contributed by atoms with E-state index >= 15 is 0 Å². The Bertz CT molecular complexity index is 378. The summed E-state index contributed by atoms with van der Waals surface area (Å²) in [5, 5.41) is 28.9. The molecule has 0 saturated carbocycles. The first-order valence-electron chi connectivity index (χ1n) is 3.42. The number of benzene rings is 1. The SMILES string of the molecule is NP(=O)([O-])Nc1c(O)cc(O)cc1O. The van der Waals surface area contributed by atoms with E-state index in [1.54, 1.807) is 5.09 Å². The predicted octanol–water partition coefficient (Wildman–Crippen LogP) is -0.358. The topological polar surface area (TPSA) is 139 Å². The maximum Gasteiger partial charge on any atom is 0.165 e. The number of phenols is 3. The average molecular weight is 219 g/mol. The molecule has 1 aromatic rings. The molecule has 0 amide bonds. The Hall–Kier alpha value is -1.43. The van der Waals surface area contributed by atoms with Gasteiger partial charge in [0.15, 0.2) is 7.67 Å². The van der Waals surface area contributed by atoms with Crippen molar-refractivity contribution < 1.29 is 24.8 Å². The predicted molar refractivity (Wildman–Crippen MR) is 46.9 cm³/mol. The Morgan fingerprint density at radius 1 is 1.29 bits per heavy atom. The van der Waals surface area contributed by atoms with E-state index in [1.807, 2.05) is 0 Å². The Kier molecular flexibility index (Phi) is 2.57. The molecule has 0 bridgehead atoms. The summed E-state index contributed by atoms with van der Waals surface area (Å²) in [6.45, 7) is 0. The lowest BCUT2D eigenvalue weighted by molar-refractivity contribution is -0.173. The second-order valence-corrected chi connectivity index (χ2v) is 3.99. The van der Waals surface area contributed by atoms with Gasteiger partial charge in [-0.3, -0.25) is 10.1 Å². The van der Waals surface area contributed by atoms with Crippen LogP contribution < -0.4 is 15.5 Å². The van der Waals surface area contributed by atoms with Gasteiger partial charge in [-0.05, 0) is 0 Å². The molecule has 6 N–H and O–H groups in total. The number of nitrogens with one attached hydrogen (secondary N) is 1. The van der Waals surface area contributed by atoms with Crippen molar-refractivity contribution in [3.05, 3.63) is 12.1 Å². The van der Waals surface area contributed by atoms with Gasteiger partial charge in [-0.1, -0.05) is 0 Å². The van der Waals surface area contributed by atoms with Gasteiger partial charge in [0.25, 0.3) is 0 Å². The van der Waals surface area contributed by atoms with Crippen LogP contribution in [0.4, 0.5) is 5.69 Å². The number of rotatable bonds is 2. The zero-order valence-corrected chi connectivity index (χ0v) is 7.73. The van der Waals surface area contributed by atoms with Crippen LogP contribution in [0.15, 0.2) is 12.1 Å². The molecule has 0 fully saturated rings. The summed E-state index contributed by atoms with van der Waals surface area (Å²) in [6, 6.07) is 1.72. The van der Waals surface area contributed by atoms with Crippen LogP contribution in [0.1, 0.15) is 0 Å². The Morgan fingerprint density at radius 3 is 2.07 bits per heavy atom. The van der Waals surface area contributed by atoms with Gasteiger partial charge in [0.1, 0.15) is 22.9 Å². The fourth-order valence-electron chi connectivity index (χ4n) is 0.868. The van der Waals surface area contributed by atoms with Crippen molar-refractivity contribution in [2.24, 2.45) is 5.50 Å². The van der Waals surface area contributed by atoms with Crippen LogP contribution in [0.5, 0.6) is 17.2 Å². The number of phenolic OH excluding ortho intramolecular Hbond substituents is 3. The number of hydrogen-bond acceptors (Lipinski definition) is 5. The molecule has 1 unspecified atom stereocenters. The molecule has 0 aliphatic carbocycles. The Balaban J connectivity index is 3.15. The van der Waals surface area contributed by atoms with Crippen molar-refractivity contribution in [1.29, 1.82) is 0 Å². The van der Waals surface area contributed by atoms with Crippen molar-refractivity contribution in [2.45, 2.75) is 0 Å². The maximum atomic E-state index is 10.6. The molecule has 1 rings (SSSR count). The van der Waals surface area contributed by atoms with E-state index in [0.29, 0.717) is 0 Å². The maximum absolute atomic E-state index is 10.6. The first-order chi connectivity index (χ1) is 6.29. The molecule has 0 heterocycles. The molecule has 1 aromatic carbocycles. The van der Waals surface area contributed by atoms with E-state index in [2.05, 4.69) is 5.50 Å². The van der Waals surface area contributed by atoms with Crippen molar-refractivity contribution in [3.8, 4) is 17.2 Å². The molecule has 78 valence electrons. The minimum atomic E-state index is -4.36. The van der Waals surface area contributed by atoms with Crippen LogP contribution in [-0.2, 0) is 4.57 Å². The van der Waals surface area contributed by atoms with Gasteiger partial charge < -0.3 is 25.3 Å². The van der Waals surface area contributed by atoms with E-state index in [0.717, 1.165) is 12.1 Å². The summed E-state index contributed by atoms with van der Waals surface area (Å²) >= 11 is 0. The molecule has 0 aromatic heterocycles. The largest absolute Gasteiger partial charge is 0.772 e. The third kappa shape index (κ3) is 2.53. The van der Waals surface area contributed by atoms with Crippen LogP contribution in [-0.4, -0.2) is 15.3 Å². The Morgan fingerprint density at radius 2 is 1.71 bits per heavy atom. The van der Waals surface area contributed by atoms with Crippen LogP contribution in [0.25, 0.3) is 0 Å². The van der Waals surface area contributed by atoms with Gasteiger partial charge in [-0.2, -0.15) is 0 Å². The van der Waals surface area contributed by atoms with Gasteiger partial charge in [0.05, 0.1) is 0 Å². The molecule has 7 nitrogen and oxygen atoms in total. The van der Waals surface area contributed by atoms with Gasteiger partial charge in [-0.15, -0.1) is 0 Å². The molecule has 1 atom stereocenters. The van der Waals surface area contributed by atoms with Crippen molar-refractivity contribution in [1.82, 2.24) is 0 Å². The highest BCUT2D eigenvalue weighted by atomic mass is 31.2. The van der Waals surface area contributed by atoms with Gasteiger partial charge in [0.2, 0.25) is 0 Å². The zero-order valence-electron chi connectivity index (χ0n) is 6.84. The van der Waals surface area contributed by atoms with Gasteiger partial charge in [0, 0.05) is 12.1 Å². The van der Waals surface area contributed by atoms with Crippen LogP contribution in [0.3, 0.4) is 0 Å². The minimum absolute atomic E-state index is 0.400. The molecule has 14 heavy (non-hydrogen) atoms.